The van der Waals surface area contributed by atoms with E-state index in [1.807, 2.05) is 11.8 Å². The summed E-state index contributed by atoms with van der Waals surface area (Å²) < 4.78 is 22.0. The Hall–Kier alpha value is -0.0700. The summed E-state index contributed by atoms with van der Waals surface area (Å²) in [5.74, 6) is -0.435. The van der Waals surface area contributed by atoms with Crippen LogP contribution < -0.4 is 0 Å². The number of carboxylic acids is 1. The van der Waals surface area contributed by atoms with Gasteiger partial charge in [0.2, 0.25) is 0 Å². The molecule has 0 aliphatic heterocycles. The lowest BCUT2D eigenvalue weighted by atomic mass is 10.1. The molecule has 2 N–H and O–H groups in total. The quantitative estimate of drug-likeness (QED) is 0.0576. The van der Waals surface area contributed by atoms with Gasteiger partial charge in [-0.05, 0) is 31.9 Å². The highest BCUT2D eigenvalue weighted by atomic mass is 32.2. The van der Waals surface area contributed by atoms with Gasteiger partial charge in [-0.2, -0.15) is 11.8 Å². The maximum atomic E-state index is 11.0. The van der Waals surface area contributed by atoms with E-state index in [0.29, 0.717) is 18.3 Å². The van der Waals surface area contributed by atoms with E-state index >= 15 is 0 Å². The molecule has 0 heterocycles. The number of hydrogen-bond donors (Lipinski definition) is 2. The predicted octanol–water partition coefficient (Wildman–Crippen LogP) is 8.06. The van der Waals surface area contributed by atoms with Gasteiger partial charge in [-0.3, -0.25) is 0 Å². The van der Waals surface area contributed by atoms with E-state index in [2.05, 4.69) is 20.8 Å². The topological polar surface area (TPSA) is 93.1 Å². The Labute approximate surface area is 227 Å². The number of thioether (sulfide) groups is 1. The van der Waals surface area contributed by atoms with Crippen molar-refractivity contribution in [3.05, 3.63) is 0 Å². The summed E-state index contributed by atoms with van der Waals surface area (Å²) in [5.41, 5.74) is -2.56. The SMILES string of the molecule is CCCCCCCCCCCSC(CCCCCCCCC)C(C)OCCCOC(O)([PH2]=O)C(=O)O. The average Bonchev–Trinajstić information content (AvgIpc) is 2.87. The fourth-order valence-electron chi connectivity index (χ4n) is 4.21. The largest absolute Gasteiger partial charge is 0.477 e. The van der Waals surface area contributed by atoms with Crippen molar-refractivity contribution in [1.29, 1.82) is 0 Å². The van der Waals surface area contributed by atoms with Crippen molar-refractivity contribution in [2.24, 2.45) is 0 Å². The molecule has 0 saturated carbocycles. The molecule has 0 aromatic heterocycles. The van der Waals surface area contributed by atoms with Gasteiger partial charge >= 0.3 is 11.5 Å². The number of unbranched alkanes of at least 4 members (excludes halogenated alkanes) is 14. The summed E-state index contributed by atoms with van der Waals surface area (Å²) >= 11 is 2.04. The van der Waals surface area contributed by atoms with Crippen LogP contribution in [0, 0.1) is 0 Å². The summed E-state index contributed by atoms with van der Waals surface area (Å²) in [6.45, 7) is 7.07. The fraction of sp³-hybridized carbons (Fsp3) is 0.964. The average molecular weight is 553 g/mol. The summed E-state index contributed by atoms with van der Waals surface area (Å²) in [6.07, 6.45) is 23.0. The summed E-state index contributed by atoms with van der Waals surface area (Å²) in [5, 5.41) is 19.0. The number of aliphatic hydroxyl groups is 1. The lowest BCUT2D eigenvalue weighted by Crippen LogP contribution is -2.36. The van der Waals surface area contributed by atoms with Crippen LogP contribution >= 0.6 is 20.2 Å². The Morgan fingerprint density at radius 1 is 0.806 bits per heavy atom. The maximum absolute atomic E-state index is 11.0. The molecule has 0 amide bonds. The van der Waals surface area contributed by atoms with Gasteiger partial charge in [0.1, 0.15) is 8.46 Å². The van der Waals surface area contributed by atoms with Crippen LogP contribution in [0.5, 0.6) is 0 Å². The molecule has 0 fully saturated rings. The van der Waals surface area contributed by atoms with Gasteiger partial charge in [0.25, 0.3) is 0 Å². The predicted molar refractivity (Wildman–Crippen MR) is 155 cm³/mol. The van der Waals surface area contributed by atoms with Crippen molar-refractivity contribution in [1.82, 2.24) is 0 Å². The minimum Gasteiger partial charge on any atom is -0.477 e. The van der Waals surface area contributed by atoms with E-state index in [1.54, 1.807) is 0 Å². The van der Waals surface area contributed by atoms with Crippen molar-refractivity contribution in [2.75, 3.05) is 19.0 Å². The number of hydrogen-bond acceptors (Lipinski definition) is 6. The van der Waals surface area contributed by atoms with Crippen molar-refractivity contribution >= 4 is 26.2 Å². The molecule has 0 aliphatic carbocycles. The molecular formula is C28H57O6PS. The minimum atomic E-state index is -2.56. The maximum Gasteiger partial charge on any atom is 0.371 e. The van der Waals surface area contributed by atoms with Crippen LogP contribution in [0.3, 0.4) is 0 Å². The molecule has 6 nitrogen and oxygen atoms in total. The highest BCUT2D eigenvalue weighted by molar-refractivity contribution is 7.99. The molecular weight excluding hydrogens is 495 g/mol. The Morgan fingerprint density at radius 2 is 1.31 bits per heavy atom. The van der Waals surface area contributed by atoms with E-state index < -0.39 is 20.0 Å². The Morgan fingerprint density at radius 3 is 1.81 bits per heavy atom. The van der Waals surface area contributed by atoms with Crippen LogP contribution in [0.15, 0.2) is 0 Å². The van der Waals surface area contributed by atoms with E-state index in [1.165, 1.54) is 108 Å². The van der Waals surface area contributed by atoms with E-state index in [9.17, 15) is 14.5 Å². The van der Waals surface area contributed by atoms with Crippen LogP contribution in [0.2, 0.25) is 0 Å². The Bertz CT molecular complexity index is 524. The molecule has 216 valence electrons. The first-order valence-electron chi connectivity index (χ1n) is 14.7. The molecule has 0 saturated heterocycles. The van der Waals surface area contributed by atoms with Crippen LogP contribution in [-0.4, -0.2) is 52.0 Å². The first-order valence-corrected chi connectivity index (χ1v) is 16.8. The first kappa shape index (κ1) is 35.9. The number of carbonyl (C=O) groups is 1. The van der Waals surface area contributed by atoms with Gasteiger partial charge in [-0.15, -0.1) is 0 Å². The molecule has 0 aromatic rings. The monoisotopic (exact) mass is 552 g/mol. The zero-order valence-corrected chi connectivity index (χ0v) is 25.5. The number of ether oxygens (including phenoxy) is 2. The van der Waals surface area contributed by atoms with E-state index in [0.717, 1.165) is 6.42 Å². The standard InChI is InChI=1S/C28H57O6PS/c1-4-6-8-10-12-13-15-17-19-24-36-26(21-18-16-14-11-9-7-5-2)25(3)33-22-20-23-34-28(31,35-32)27(29)30/h25-26,31H,4-24,35H2,1-3H3,(H,29,30). The zero-order chi connectivity index (χ0) is 26.9. The summed E-state index contributed by atoms with van der Waals surface area (Å²) in [7, 11) is -1.98. The second kappa shape index (κ2) is 25.2. The Kier molecular flexibility index (Phi) is 25.2. The number of aliphatic carboxylic acids is 1. The normalized spacial score (nSPS) is 15.3. The molecule has 0 spiro atoms. The zero-order valence-electron chi connectivity index (χ0n) is 23.5. The third kappa shape index (κ3) is 20.0. The first-order chi connectivity index (χ1) is 17.4. The van der Waals surface area contributed by atoms with Gasteiger partial charge < -0.3 is 24.3 Å². The summed E-state index contributed by atoms with van der Waals surface area (Å²) in [4.78, 5) is 11.0. The molecule has 36 heavy (non-hydrogen) atoms. The molecule has 4 atom stereocenters. The van der Waals surface area contributed by atoms with Crippen molar-refractivity contribution in [2.45, 2.75) is 153 Å². The highest BCUT2D eigenvalue weighted by Crippen LogP contribution is 2.26. The van der Waals surface area contributed by atoms with Crippen LogP contribution in [0.4, 0.5) is 0 Å². The van der Waals surface area contributed by atoms with Gasteiger partial charge in [0.05, 0.1) is 12.7 Å². The molecule has 0 aliphatic rings. The van der Waals surface area contributed by atoms with Crippen molar-refractivity contribution in [3.8, 4) is 0 Å². The third-order valence-electron chi connectivity index (χ3n) is 6.65. The summed E-state index contributed by atoms with van der Waals surface area (Å²) in [6, 6.07) is 0. The van der Waals surface area contributed by atoms with Gasteiger partial charge in [0, 0.05) is 11.9 Å². The lowest BCUT2D eigenvalue weighted by molar-refractivity contribution is -0.190. The van der Waals surface area contributed by atoms with Crippen molar-refractivity contribution < 1.29 is 29.0 Å². The number of rotatable bonds is 28. The molecule has 0 rings (SSSR count). The van der Waals surface area contributed by atoms with Gasteiger partial charge in [-0.1, -0.05) is 110 Å². The molecule has 4 unspecified atom stereocenters. The van der Waals surface area contributed by atoms with Crippen LogP contribution in [0.25, 0.3) is 0 Å². The lowest BCUT2D eigenvalue weighted by Gasteiger charge is -2.24. The molecule has 0 bridgehead atoms. The van der Waals surface area contributed by atoms with Crippen molar-refractivity contribution in [3.63, 3.8) is 0 Å². The van der Waals surface area contributed by atoms with Gasteiger partial charge in [-0.25, -0.2) is 4.79 Å². The van der Waals surface area contributed by atoms with E-state index in [4.69, 9.17) is 14.6 Å². The number of carboxylic acid groups (broad SMARTS) is 1. The Balaban J connectivity index is 4.26. The molecule has 8 heteroatoms. The second-order valence-electron chi connectivity index (χ2n) is 10.0. The molecule has 0 aromatic carbocycles. The van der Waals surface area contributed by atoms with E-state index in [-0.39, 0.29) is 12.7 Å². The fourth-order valence-corrected chi connectivity index (χ4v) is 5.86. The third-order valence-corrected chi connectivity index (χ3v) is 8.96. The van der Waals surface area contributed by atoms with Gasteiger partial charge in [0.15, 0.2) is 0 Å². The highest BCUT2D eigenvalue weighted by Gasteiger charge is 2.36. The molecule has 0 radical (unpaired) electrons. The minimum absolute atomic E-state index is 0.00122. The van der Waals surface area contributed by atoms with Crippen LogP contribution in [0.1, 0.15) is 136 Å². The van der Waals surface area contributed by atoms with Crippen LogP contribution in [-0.2, 0) is 18.8 Å². The smallest absolute Gasteiger partial charge is 0.371 e. The second-order valence-corrected chi connectivity index (χ2v) is 12.4.